The van der Waals surface area contributed by atoms with E-state index in [0.29, 0.717) is 12.0 Å². The molecule has 1 unspecified atom stereocenters. The van der Waals surface area contributed by atoms with E-state index in [-0.39, 0.29) is 24.0 Å². The summed E-state index contributed by atoms with van der Waals surface area (Å²) in [5.41, 5.74) is 1.25. The van der Waals surface area contributed by atoms with Crippen LogP contribution in [0.4, 0.5) is 0 Å². The van der Waals surface area contributed by atoms with Crippen LogP contribution in [0.15, 0.2) is 24.3 Å². The van der Waals surface area contributed by atoms with Gasteiger partial charge in [-0.15, -0.1) is 0 Å². The third-order valence-electron chi connectivity index (χ3n) is 3.38. The van der Waals surface area contributed by atoms with Crippen LogP contribution in [0.5, 0.6) is 0 Å². The van der Waals surface area contributed by atoms with Crippen LogP contribution in [-0.2, 0) is 9.53 Å². The molecule has 1 aromatic carbocycles. The maximum atomic E-state index is 12.4. The van der Waals surface area contributed by atoms with Gasteiger partial charge in [0.15, 0.2) is 0 Å². The highest BCUT2D eigenvalue weighted by Gasteiger charge is 2.29. The molecule has 0 aliphatic heterocycles. The number of ether oxygens (including phenoxy) is 1. The molecule has 4 nitrogen and oxygen atoms in total. The summed E-state index contributed by atoms with van der Waals surface area (Å²) < 4.78 is 5.41. The third-order valence-corrected chi connectivity index (χ3v) is 3.38. The Kier molecular flexibility index (Phi) is 5.45. The van der Waals surface area contributed by atoms with Crippen molar-refractivity contribution in [2.45, 2.75) is 33.8 Å². The van der Waals surface area contributed by atoms with Crippen molar-refractivity contribution >= 4 is 12.3 Å². The topological polar surface area (TPSA) is 46.6 Å². The highest BCUT2D eigenvalue weighted by molar-refractivity contribution is 6.00. The van der Waals surface area contributed by atoms with Crippen molar-refractivity contribution in [2.75, 3.05) is 13.7 Å². The molecular weight excluding hydrogens is 254 g/mol. The van der Waals surface area contributed by atoms with Gasteiger partial charge in [-0.3, -0.25) is 14.5 Å². The van der Waals surface area contributed by atoms with Gasteiger partial charge in [0.25, 0.3) is 5.91 Å². The summed E-state index contributed by atoms with van der Waals surface area (Å²) in [6, 6.07) is 7.24. The summed E-state index contributed by atoms with van der Waals surface area (Å²) in [7, 11) is 1.59. The summed E-state index contributed by atoms with van der Waals surface area (Å²) in [5, 5.41) is 0. The molecule has 0 aliphatic carbocycles. The van der Waals surface area contributed by atoms with E-state index < -0.39 is 0 Å². The Hall–Kier alpha value is -1.68. The first-order chi connectivity index (χ1) is 9.31. The molecule has 110 valence electrons. The van der Waals surface area contributed by atoms with Crippen molar-refractivity contribution in [3.8, 4) is 0 Å². The number of hydrogen-bond donors (Lipinski definition) is 0. The molecule has 0 spiro atoms. The Morgan fingerprint density at radius 1 is 1.35 bits per heavy atom. The van der Waals surface area contributed by atoms with Crippen LogP contribution in [0.3, 0.4) is 0 Å². The Morgan fingerprint density at radius 2 is 1.95 bits per heavy atom. The number of hydrogen-bond acceptors (Lipinski definition) is 3. The molecule has 1 atom stereocenters. The van der Waals surface area contributed by atoms with E-state index in [1.165, 1.54) is 4.90 Å². The highest BCUT2D eigenvalue weighted by Crippen LogP contribution is 2.23. The minimum atomic E-state index is -0.288. The van der Waals surface area contributed by atoms with E-state index in [4.69, 9.17) is 4.74 Å². The predicted octanol–water partition coefficient (Wildman–Crippen LogP) is 2.65. The number of carbonyl (C=O) groups is 2. The first-order valence-electron chi connectivity index (χ1n) is 6.66. The fourth-order valence-electron chi connectivity index (χ4n) is 2.02. The van der Waals surface area contributed by atoms with Gasteiger partial charge >= 0.3 is 0 Å². The van der Waals surface area contributed by atoms with E-state index in [1.54, 1.807) is 19.2 Å². The molecule has 0 aromatic heterocycles. The van der Waals surface area contributed by atoms with Crippen LogP contribution in [0.25, 0.3) is 0 Å². The smallest absolute Gasteiger partial charge is 0.260 e. The second-order valence-corrected chi connectivity index (χ2v) is 5.97. The number of benzene rings is 1. The SMILES string of the molecule is COC(CN(C=O)C(=O)c1ccccc1C)C(C)(C)C. The van der Waals surface area contributed by atoms with Gasteiger partial charge in [0.1, 0.15) is 0 Å². The third kappa shape index (κ3) is 3.90. The lowest BCUT2D eigenvalue weighted by molar-refractivity contribution is -0.118. The van der Waals surface area contributed by atoms with Crippen LogP contribution in [-0.4, -0.2) is 37.0 Å². The van der Waals surface area contributed by atoms with E-state index in [2.05, 4.69) is 0 Å². The van der Waals surface area contributed by atoms with E-state index in [9.17, 15) is 9.59 Å². The number of amides is 2. The van der Waals surface area contributed by atoms with Crippen LogP contribution >= 0.6 is 0 Å². The highest BCUT2D eigenvalue weighted by atomic mass is 16.5. The van der Waals surface area contributed by atoms with Crippen LogP contribution in [0, 0.1) is 12.3 Å². The first kappa shape index (κ1) is 16.4. The van der Waals surface area contributed by atoms with Crippen molar-refractivity contribution in [2.24, 2.45) is 5.41 Å². The molecule has 20 heavy (non-hydrogen) atoms. The van der Waals surface area contributed by atoms with Crippen molar-refractivity contribution < 1.29 is 14.3 Å². The molecule has 0 fully saturated rings. The van der Waals surface area contributed by atoms with Crippen LogP contribution in [0.2, 0.25) is 0 Å². The summed E-state index contributed by atoms with van der Waals surface area (Å²) in [6.07, 6.45) is 0.368. The summed E-state index contributed by atoms with van der Waals surface area (Å²) >= 11 is 0. The molecule has 1 rings (SSSR count). The van der Waals surface area contributed by atoms with E-state index in [0.717, 1.165) is 5.56 Å². The van der Waals surface area contributed by atoms with Crippen molar-refractivity contribution in [1.82, 2.24) is 4.90 Å². The molecule has 4 heteroatoms. The standard InChI is InChI=1S/C16H23NO3/c1-12-8-6-7-9-13(12)15(19)17(11-18)10-14(20-5)16(2,3)4/h6-9,11,14H,10H2,1-5H3. The van der Waals surface area contributed by atoms with Crippen molar-refractivity contribution in [3.63, 3.8) is 0 Å². The lowest BCUT2D eigenvalue weighted by atomic mass is 9.88. The minimum absolute atomic E-state index is 0.151. The summed E-state index contributed by atoms with van der Waals surface area (Å²) in [6.45, 7) is 8.15. The molecule has 0 radical (unpaired) electrons. The zero-order valence-electron chi connectivity index (χ0n) is 12.8. The molecule has 2 amide bonds. The fourth-order valence-corrected chi connectivity index (χ4v) is 2.02. The molecule has 0 saturated heterocycles. The van der Waals surface area contributed by atoms with Gasteiger partial charge in [0.05, 0.1) is 12.6 Å². The molecule has 0 heterocycles. The van der Waals surface area contributed by atoms with Crippen LogP contribution < -0.4 is 0 Å². The molecule has 0 saturated carbocycles. The maximum Gasteiger partial charge on any atom is 0.260 e. The van der Waals surface area contributed by atoms with E-state index >= 15 is 0 Å². The normalized spacial score (nSPS) is 12.8. The molecule has 0 N–H and O–H groups in total. The number of rotatable bonds is 5. The summed E-state index contributed by atoms with van der Waals surface area (Å²) in [5.74, 6) is -0.288. The molecular formula is C16H23NO3. The minimum Gasteiger partial charge on any atom is -0.379 e. The van der Waals surface area contributed by atoms with Gasteiger partial charge in [-0.05, 0) is 24.0 Å². The van der Waals surface area contributed by atoms with Crippen molar-refractivity contribution in [1.29, 1.82) is 0 Å². The summed E-state index contributed by atoms with van der Waals surface area (Å²) in [4.78, 5) is 24.9. The lowest BCUT2D eigenvalue weighted by Gasteiger charge is -2.32. The average Bonchev–Trinajstić information content (AvgIpc) is 2.38. The lowest BCUT2D eigenvalue weighted by Crippen LogP contribution is -2.43. The maximum absolute atomic E-state index is 12.4. The number of aryl methyl sites for hydroxylation is 1. The average molecular weight is 277 g/mol. The van der Waals surface area contributed by atoms with Crippen molar-refractivity contribution in [3.05, 3.63) is 35.4 Å². The monoisotopic (exact) mass is 277 g/mol. The number of carbonyl (C=O) groups excluding carboxylic acids is 2. The zero-order valence-corrected chi connectivity index (χ0v) is 12.8. The Balaban J connectivity index is 2.94. The molecule has 0 aliphatic rings. The second-order valence-electron chi connectivity index (χ2n) is 5.97. The van der Waals surface area contributed by atoms with Gasteiger partial charge in [-0.25, -0.2) is 0 Å². The number of imide groups is 1. The number of nitrogens with zero attached hydrogens (tertiary/aromatic N) is 1. The largest absolute Gasteiger partial charge is 0.379 e. The quantitative estimate of drug-likeness (QED) is 0.777. The van der Waals surface area contributed by atoms with Gasteiger partial charge in [-0.1, -0.05) is 39.0 Å². The van der Waals surface area contributed by atoms with Gasteiger partial charge in [0.2, 0.25) is 6.41 Å². The molecule has 1 aromatic rings. The Morgan fingerprint density at radius 3 is 2.40 bits per heavy atom. The second kappa shape index (κ2) is 6.66. The Bertz CT molecular complexity index is 477. The Labute approximate surface area is 120 Å². The van der Waals surface area contributed by atoms with Crippen LogP contribution in [0.1, 0.15) is 36.7 Å². The van der Waals surface area contributed by atoms with Gasteiger partial charge in [-0.2, -0.15) is 0 Å². The van der Waals surface area contributed by atoms with Gasteiger partial charge < -0.3 is 4.74 Å². The first-order valence-corrected chi connectivity index (χ1v) is 6.66. The molecule has 0 bridgehead atoms. The number of methoxy groups -OCH3 is 1. The van der Waals surface area contributed by atoms with E-state index in [1.807, 2.05) is 39.8 Å². The zero-order chi connectivity index (χ0) is 15.3. The van der Waals surface area contributed by atoms with Gasteiger partial charge in [0, 0.05) is 12.7 Å². The predicted molar refractivity (Wildman–Crippen MR) is 78.5 cm³/mol. The fraction of sp³-hybridized carbons (Fsp3) is 0.500.